The van der Waals surface area contributed by atoms with Crippen LogP contribution in [0.3, 0.4) is 0 Å². The van der Waals surface area contributed by atoms with Gasteiger partial charge in [-0.2, -0.15) is 0 Å². The largest absolute Gasteiger partial charge is 0.286 e. The van der Waals surface area contributed by atoms with Gasteiger partial charge in [-0.05, 0) is 42.8 Å². The summed E-state index contributed by atoms with van der Waals surface area (Å²) in [6, 6.07) is 3.96. The van der Waals surface area contributed by atoms with Crippen LogP contribution in [0, 0.1) is 11.6 Å². The molecule has 1 N–H and O–H groups in total. The number of fused-ring (bicyclic) bond motifs is 1. The predicted molar refractivity (Wildman–Crippen MR) is 91.7 cm³/mol. The number of aromatic nitrogens is 1. The van der Waals surface area contributed by atoms with Gasteiger partial charge >= 0.3 is 0 Å². The van der Waals surface area contributed by atoms with E-state index >= 15 is 0 Å². The molecule has 3 atom stereocenters. The van der Waals surface area contributed by atoms with Crippen LogP contribution in [0.5, 0.6) is 0 Å². The number of likely N-dealkylation sites (tertiary alicyclic amines) is 1. The van der Waals surface area contributed by atoms with Gasteiger partial charge in [0.15, 0.2) is 0 Å². The predicted octanol–water partition coefficient (Wildman–Crippen LogP) is 4.35. The highest BCUT2D eigenvalue weighted by Crippen LogP contribution is 2.40. The van der Waals surface area contributed by atoms with E-state index in [1.54, 1.807) is 23.1 Å². The quantitative estimate of drug-likeness (QED) is 0.839. The fourth-order valence-electron chi connectivity index (χ4n) is 3.58. The van der Waals surface area contributed by atoms with E-state index in [2.05, 4.69) is 4.98 Å². The van der Waals surface area contributed by atoms with Crippen molar-refractivity contribution in [1.82, 2.24) is 9.88 Å². The summed E-state index contributed by atoms with van der Waals surface area (Å²) in [5.74, 6) is -1.20. The molecule has 1 fully saturated rings. The third-order valence-electron chi connectivity index (χ3n) is 4.73. The van der Waals surface area contributed by atoms with E-state index in [9.17, 15) is 18.4 Å². The van der Waals surface area contributed by atoms with Crippen molar-refractivity contribution in [3.8, 4) is 0 Å². The van der Waals surface area contributed by atoms with Crippen molar-refractivity contribution < 1.29 is 18.4 Å². The highest BCUT2D eigenvalue weighted by atomic mass is 35.5. The minimum Gasteiger partial charge on any atom is -0.286 e. The molecule has 4 rings (SSSR count). The SMILES string of the molecule is ON1c2cc(Cl)cnc2C=CC1N1C[C@@H](F)C[C@@H]1c1cc(F)ccc1F. The number of rotatable bonds is 2. The van der Waals surface area contributed by atoms with Crippen LogP contribution in [-0.2, 0) is 0 Å². The zero-order valence-electron chi connectivity index (χ0n) is 13.5. The standard InChI is InChI=1S/C18H15ClF3N3O/c19-10-5-17-15(23-8-10)3-4-18(25(17)26)24-9-12(21)7-16(24)13-6-11(20)1-2-14(13)22/h1-6,8,12,16,18,26H,7,9H2/t12-,16+,18?/m0/s1. The Labute approximate surface area is 153 Å². The molecule has 136 valence electrons. The average molecular weight is 382 g/mol. The maximum Gasteiger partial charge on any atom is 0.128 e. The first-order chi connectivity index (χ1) is 12.4. The van der Waals surface area contributed by atoms with Gasteiger partial charge in [0.05, 0.1) is 16.4 Å². The molecule has 2 aromatic rings. The molecule has 0 saturated carbocycles. The molecule has 1 aromatic carbocycles. The summed E-state index contributed by atoms with van der Waals surface area (Å²) in [5, 5.41) is 11.9. The first-order valence-electron chi connectivity index (χ1n) is 8.10. The van der Waals surface area contributed by atoms with Gasteiger partial charge in [0.1, 0.15) is 24.0 Å². The van der Waals surface area contributed by atoms with Crippen molar-refractivity contribution in [3.05, 3.63) is 64.5 Å². The monoisotopic (exact) mass is 381 g/mol. The second-order valence-electron chi connectivity index (χ2n) is 6.39. The van der Waals surface area contributed by atoms with E-state index in [0.717, 1.165) is 23.3 Å². The Morgan fingerprint density at radius 3 is 2.85 bits per heavy atom. The van der Waals surface area contributed by atoms with Gasteiger partial charge in [-0.15, -0.1) is 0 Å². The van der Waals surface area contributed by atoms with Crippen molar-refractivity contribution >= 4 is 23.4 Å². The van der Waals surface area contributed by atoms with Crippen LogP contribution in [-0.4, -0.2) is 34.0 Å². The van der Waals surface area contributed by atoms with Crippen LogP contribution in [0.25, 0.3) is 6.08 Å². The summed E-state index contributed by atoms with van der Waals surface area (Å²) in [7, 11) is 0. The second kappa shape index (κ2) is 6.57. The summed E-state index contributed by atoms with van der Waals surface area (Å²) >= 11 is 5.95. The number of halogens is 4. The molecule has 3 heterocycles. The fraction of sp³-hybridized carbons (Fsp3) is 0.278. The van der Waals surface area contributed by atoms with Crippen molar-refractivity contribution in [1.29, 1.82) is 0 Å². The molecule has 0 spiro atoms. The maximum atomic E-state index is 14.2. The molecule has 1 aromatic heterocycles. The first kappa shape index (κ1) is 17.3. The topological polar surface area (TPSA) is 39.6 Å². The molecule has 26 heavy (non-hydrogen) atoms. The molecule has 1 saturated heterocycles. The van der Waals surface area contributed by atoms with E-state index in [-0.39, 0.29) is 18.5 Å². The average Bonchev–Trinajstić information content (AvgIpc) is 2.99. The van der Waals surface area contributed by atoms with Crippen molar-refractivity contribution in [2.45, 2.75) is 24.8 Å². The zero-order valence-corrected chi connectivity index (χ0v) is 14.2. The van der Waals surface area contributed by atoms with Gasteiger partial charge in [-0.25, -0.2) is 18.2 Å². The van der Waals surface area contributed by atoms with Gasteiger partial charge in [-0.1, -0.05) is 11.6 Å². The first-order valence-corrected chi connectivity index (χ1v) is 8.48. The van der Waals surface area contributed by atoms with Gasteiger partial charge in [-0.3, -0.25) is 15.1 Å². The van der Waals surface area contributed by atoms with Crippen LogP contribution < -0.4 is 5.06 Å². The lowest BCUT2D eigenvalue weighted by Gasteiger charge is -2.38. The zero-order chi connectivity index (χ0) is 18.4. The fourth-order valence-corrected chi connectivity index (χ4v) is 3.73. The minimum absolute atomic E-state index is 0.0131. The number of anilines is 1. The Morgan fingerprint density at radius 2 is 2.04 bits per heavy atom. The van der Waals surface area contributed by atoms with Gasteiger partial charge in [0.2, 0.25) is 0 Å². The summed E-state index contributed by atoms with van der Waals surface area (Å²) in [6.07, 6.45) is 2.83. The Bertz CT molecular complexity index is 879. The number of alkyl halides is 1. The summed E-state index contributed by atoms with van der Waals surface area (Å²) in [5.41, 5.74) is 0.949. The lowest BCUT2D eigenvalue weighted by molar-refractivity contribution is 0.107. The van der Waals surface area contributed by atoms with E-state index in [4.69, 9.17) is 11.6 Å². The molecule has 0 bridgehead atoms. The van der Waals surface area contributed by atoms with Gasteiger partial charge in [0.25, 0.3) is 0 Å². The molecule has 0 amide bonds. The van der Waals surface area contributed by atoms with Gasteiger partial charge in [0, 0.05) is 24.3 Å². The summed E-state index contributed by atoms with van der Waals surface area (Å²) < 4.78 is 42.0. The number of pyridine rings is 1. The number of benzene rings is 1. The smallest absolute Gasteiger partial charge is 0.128 e. The lowest BCUT2D eigenvalue weighted by atomic mass is 10.0. The van der Waals surface area contributed by atoms with E-state index in [0.29, 0.717) is 16.4 Å². The summed E-state index contributed by atoms with van der Waals surface area (Å²) in [6.45, 7) is -0.0178. The highest BCUT2D eigenvalue weighted by molar-refractivity contribution is 6.30. The van der Waals surface area contributed by atoms with E-state index in [1.807, 2.05) is 0 Å². The number of hydrogen-bond acceptors (Lipinski definition) is 4. The molecule has 2 aliphatic heterocycles. The Morgan fingerprint density at radius 1 is 1.23 bits per heavy atom. The maximum absolute atomic E-state index is 14.2. The van der Waals surface area contributed by atoms with Crippen LogP contribution >= 0.6 is 11.6 Å². The van der Waals surface area contributed by atoms with Crippen molar-refractivity contribution in [2.75, 3.05) is 11.6 Å². The molecule has 2 aliphatic rings. The Balaban J connectivity index is 1.71. The second-order valence-corrected chi connectivity index (χ2v) is 6.82. The van der Waals surface area contributed by atoms with Crippen molar-refractivity contribution in [3.63, 3.8) is 0 Å². The van der Waals surface area contributed by atoms with Crippen LogP contribution in [0.15, 0.2) is 36.5 Å². The molecular formula is C18H15ClF3N3O. The molecular weight excluding hydrogens is 367 g/mol. The number of nitrogens with zero attached hydrogens (tertiary/aromatic N) is 3. The lowest BCUT2D eigenvalue weighted by Crippen LogP contribution is -2.47. The highest BCUT2D eigenvalue weighted by Gasteiger charge is 2.41. The third-order valence-corrected chi connectivity index (χ3v) is 4.94. The molecule has 1 unspecified atom stereocenters. The van der Waals surface area contributed by atoms with E-state index in [1.165, 1.54) is 6.20 Å². The Kier molecular flexibility index (Phi) is 4.38. The van der Waals surface area contributed by atoms with Crippen molar-refractivity contribution in [2.24, 2.45) is 0 Å². The number of hydrogen-bond donors (Lipinski definition) is 1. The minimum atomic E-state index is -1.22. The number of hydroxylamine groups is 1. The summed E-state index contributed by atoms with van der Waals surface area (Å²) in [4.78, 5) is 5.73. The van der Waals surface area contributed by atoms with Crippen LogP contribution in [0.1, 0.15) is 23.7 Å². The molecule has 0 aliphatic carbocycles. The van der Waals surface area contributed by atoms with Crippen LogP contribution in [0.4, 0.5) is 18.9 Å². The van der Waals surface area contributed by atoms with E-state index < -0.39 is 30.0 Å². The van der Waals surface area contributed by atoms with Gasteiger partial charge < -0.3 is 0 Å². The third kappa shape index (κ3) is 2.96. The molecule has 0 radical (unpaired) electrons. The molecule has 4 nitrogen and oxygen atoms in total. The normalized spacial score (nSPS) is 25.6. The van der Waals surface area contributed by atoms with Crippen LogP contribution in [0.2, 0.25) is 5.02 Å². The molecule has 8 heteroatoms. The Hall–Kier alpha value is -2.09.